The van der Waals surface area contributed by atoms with E-state index in [1.165, 1.54) is 12.8 Å². The normalized spacial score (nSPS) is 34.3. The van der Waals surface area contributed by atoms with Gasteiger partial charge in [-0.2, -0.15) is 0 Å². The smallest absolute Gasteiger partial charge is 0.229 e. The third-order valence-corrected chi connectivity index (χ3v) is 9.13. The summed E-state index contributed by atoms with van der Waals surface area (Å²) in [7, 11) is 1.62. The van der Waals surface area contributed by atoms with E-state index in [1.54, 1.807) is 7.11 Å². The molecule has 172 valence electrons. The van der Waals surface area contributed by atoms with Gasteiger partial charge >= 0.3 is 0 Å². The molecule has 1 spiro atoms. The van der Waals surface area contributed by atoms with Crippen molar-refractivity contribution in [3.05, 3.63) is 42.0 Å². The van der Waals surface area contributed by atoms with Gasteiger partial charge in [0.25, 0.3) is 0 Å². The summed E-state index contributed by atoms with van der Waals surface area (Å²) in [6.07, 6.45) is 11.4. The Balaban J connectivity index is 1.56. The van der Waals surface area contributed by atoms with Crippen molar-refractivity contribution in [2.24, 2.45) is 34.1 Å². The number of allylic oxidation sites excluding steroid dienone is 2. The minimum Gasteiger partial charge on any atom is -0.497 e. The van der Waals surface area contributed by atoms with E-state index in [0.29, 0.717) is 12.2 Å². The highest BCUT2D eigenvalue weighted by Gasteiger charge is 2.82. The van der Waals surface area contributed by atoms with Crippen molar-refractivity contribution in [3.8, 4) is 5.75 Å². The molecule has 6 heteroatoms. The molecule has 32 heavy (non-hydrogen) atoms. The predicted molar refractivity (Wildman–Crippen MR) is 123 cm³/mol. The number of hydrogen-bond acceptors (Lipinski definition) is 4. The Morgan fingerprint density at radius 1 is 1.00 bits per heavy atom. The van der Waals surface area contributed by atoms with Crippen LogP contribution < -0.4 is 16.2 Å². The number of ether oxygens (including phenoxy) is 1. The molecular formula is C26H35N3O3. The van der Waals surface area contributed by atoms with Gasteiger partial charge in [-0.3, -0.25) is 9.59 Å². The van der Waals surface area contributed by atoms with E-state index < -0.39 is 16.7 Å². The molecule has 6 nitrogen and oxygen atoms in total. The molecule has 0 aromatic heterocycles. The van der Waals surface area contributed by atoms with Gasteiger partial charge in [-0.25, -0.2) is 0 Å². The van der Waals surface area contributed by atoms with Crippen LogP contribution in [0.25, 0.3) is 0 Å². The summed E-state index contributed by atoms with van der Waals surface area (Å²) in [5.74, 6) is -0.208. The van der Waals surface area contributed by atoms with Crippen LogP contribution in [0.3, 0.4) is 0 Å². The number of nitrogens with zero attached hydrogens (tertiary/aromatic N) is 1. The molecule has 1 aromatic carbocycles. The van der Waals surface area contributed by atoms with Gasteiger partial charge in [-0.1, -0.05) is 30.7 Å². The summed E-state index contributed by atoms with van der Waals surface area (Å²) in [4.78, 5) is 29.4. The highest BCUT2D eigenvalue weighted by atomic mass is 16.5. The number of amides is 2. The fraction of sp³-hybridized carbons (Fsp3) is 0.615. The van der Waals surface area contributed by atoms with Crippen molar-refractivity contribution in [2.75, 3.05) is 26.7 Å². The van der Waals surface area contributed by atoms with Gasteiger partial charge in [-0.15, -0.1) is 0 Å². The zero-order valence-electron chi connectivity index (χ0n) is 19.0. The average Bonchev–Trinajstić information content (AvgIpc) is 3.15. The van der Waals surface area contributed by atoms with E-state index in [9.17, 15) is 9.59 Å². The SMILES string of the molecule is COc1ccc([C@]2(C(N)=O)[C@H]3C=C[C@H](C34CC4)[C@@]2(CCCCN2CCCC2)C(N)=O)cc1. The number of carbonyl (C=O) groups is 2. The number of carbonyl (C=O) groups excluding carboxylic acids is 2. The Bertz CT molecular complexity index is 932. The number of benzene rings is 1. The van der Waals surface area contributed by atoms with Crippen LogP contribution in [-0.2, 0) is 15.0 Å². The predicted octanol–water partition coefficient (Wildman–Crippen LogP) is 2.75. The molecular weight excluding hydrogens is 402 g/mol. The van der Waals surface area contributed by atoms with Crippen LogP contribution in [0.15, 0.2) is 36.4 Å². The Morgan fingerprint density at radius 3 is 2.22 bits per heavy atom. The Hall–Kier alpha value is -2.34. The number of hydrogen-bond donors (Lipinski definition) is 2. The lowest BCUT2D eigenvalue weighted by molar-refractivity contribution is -0.143. The summed E-state index contributed by atoms with van der Waals surface area (Å²) in [5, 5.41) is 0. The van der Waals surface area contributed by atoms with E-state index in [4.69, 9.17) is 16.2 Å². The first-order valence-electron chi connectivity index (χ1n) is 12.1. The molecule has 1 aliphatic heterocycles. The van der Waals surface area contributed by atoms with Crippen molar-refractivity contribution in [1.29, 1.82) is 0 Å². The molecule has 3 aliphatic carbocycles. The first-order chi connectivity index (χ1) is 15.4. The third-order valence-electron chi connectivity index (χ3n) is 9.13. The Labute approximate surface area is 190 Å². The summed E-state index contributed by atoms with van der Waals surface area (Å²) >= 11 is 0. The van der Waals surface area contributed by atoms with Crippen LogP contribution in [-0.4, -0.2) is 43.5 Å². The first kappa shape index (κ1) is 21.5. The van der Waals surface area contributed by atoms with Gasteiger partial charge in [0, 0.05) is 5.92 Å². The van der Waals surface area contributed by atoms with Crippen molar-refractivity contribution in [3.63, 3.8) is 0 Å². The summed E-state index contributed by atoms with van der Waals surface area (Å²) in [6, 6.07) is 7.54. The highest BCUT2D eigenvalue weighted by molar-refractivity contribution is 5.99. The average molecular weight is 438 g/mol. The number of nitrogens with two attached hydrogens (primary N) is 2. The monoisotopic (exact) mass is 437 g/mol. The van der Waals surface area contributed by atoms with E-state index in [1.807, 2.05) is 24.3 Å². The van der Waals surface area contributed by atoms with E-state index >= 15 is 0 Å². The van der Waals surface area contributed by atoms with Crippen LogP contribution in [0.1, 0.15) is 50.5 Å². The van der Waals surface area contributed by atoms with E-state index in [2.05, 4.69) is 17.1 Å². The van der Waals surface area contributed by atoms with Crippen molar-refractivity contribution in [1.82, 2.24) is 4.90 Å². The van der Waals surface area contributed by atoms with Crippen LogP contribution in [0.5, 0.6) is 5.75 Å². The minimum atomic E-state index is -1.12. The largest absolute Gasteiger partial charge is 0.497 e. The Kier molecular flexibility index (Phi) is 5.12. The van der Waals surface area contributed by atoms with Crippen molar-refractivity contribution >= 4 is 11.8 Å². The molecule has 1 heterocycles. The third kappa shape index (κ3) is 2.68. The standard InChI is InChI=1S/C26H35N3O3/c1-32-19-8-6-18(7-9-19)26(23(28)31)21-11-10-20(24(21)13-14-24)25(26,22(27)30)12-2-3-15-29-16-4-5-17-29/h6-11,20-21H,2-5,12-17H2,1H3,(H2,27,30)(H2,28,31)/t20-,21+,25+,26-/m1/s1. The summed E-state index contributed by atoms with van der Waals surface area (Å²) < 4.78 is 5.34. The molecule has 2 amide bonds. The Morgan fingerprint density at radius 2 is 1.66 bits per heavy atom. The molecule has 4 aliphatic rings. The van der Waals surface area contributed by atoms with Crippen molar-refractivity contribution in [2.45, 2.75) is 50.4 Å². The van der Waals surface area contributed by atoms with Gasteiger partial charge in [0.15, 0.2) is 0 Å². The maximum absolute atomic E-state index is 13.5. The molecule has 5 rings (SSSR count). The maximum Gasteiger partial charge on any atom is 0.229 e. The van der Waals surface area contributed by atoms with Gasteiger partial charge in [0.05, 0.1) is 17.9 Å². The van der Waals surface area contributed by atoms with E-state index in [-0.39, 0.29) is 23.2 Å². The molecule has 2 bridgehead atoms. The van der Waals surface area contributed by atoms with Crippen molar-refractivity contribution < 1.29 is 14.3 Å². The fourth-order valence-electron chi connectivity index (χ4n) is 7.69. The molecule has 2 saturated carbocycles. The molecule has 3 fully saturated rings. The molecule has 1 aromatic rings. The topological polar surface area (TPSA) is 98.7 Å². The van der Waals surface area contributed by atoms with Crippen LogP contribution in [0, 0.1) is 22.7 Å². The second kappa shape index (κ2) is 7.62. The molecule has 4 atom stereocenters. The summed E-state index contributed by atoms with van der Waals surface area (Å²) in [5.41, 5.74) is 11.2. The number of unbranched alkanes of at least 4 members (excludes halogenated alkanes) is 1. The summed E-state index contributed by atoms with van der Waals surface area (Å²) in [6.45, 7) is 3.36. The number of likely N-dealkylation sites (tertiary alicyclic amines) is 1. The van der Waals surface area contributed by atoms with Gasteiger partial charge < -0.3 is 21.1 Å². The van der Waals surface area contributed by atoms with Gasteiger partial charge in [-0.05, 0) is 87.2 Å². The van der Waals surface area contributed by atoms with Gasteiger partial charge in [0.1, 0.15) is 5.75 Å². The lowest BCUT2D eigenvalue weighted by Gasteiger charge is -2.48. The molecule has 0 unspecified atom stereocenters. The minimum absolute atomic E-state index is 0.0288. The second-order valence-electron chi connectivity index (χ2n) is 10.3. The maximum atomic E-state index is 13.5. The molecule has 0 radical (unpaired) electrons. The zero-order chi connectivity index (χ0) is 22.6. The highest BCUT2D eigenvalue weighted by Crippen LogP contribution is 2.80. The van der Waals surface area contributed by atoms with Crippen LogP contribution >= 0.6 is 0 Å². The second-order valence-corrected chi connectivity index (χ2v) is 10.3. The quantitative estimate of drug-likeness (QED) is 0.458. The van der Waals surface area contributed by atoms with Crippen LogP contribution in [0.2, 0.25) is 0 Å². The fourth-order valence-corrected chi connectivity index (χ4v) is 7.69. The molecule has 4 N–H and O–H groups in total. The number of methoxy groups -OCH3 is 1. The van der Waals surface area contributed by atoms with Crippen LogP contribution in [0.4, 0.5) is 0 Å². The first-order valence-corrected chi connectivity index (χ1v) is 12.1. The number of primary amides is 2. The lowest BCUT2D eigenvalue weighted by Crippen LogP contribution is -2.62. The van der Waals surface area contributed by atoms with Gasteiger partial charge in [0.2, 0.25) is 11.8 Å². The zero-order valence-corrected chi connectivity index (χ0v) is 19.0. The molecule has 1 saturated heterocycles. The van der Waals surface area contributed by atoms with E-state index in [0.717, 1.165) is 50.9 Å². The number of rotatable bonds is 9. The lowest BCUT2D eigenvalue weighted by atomic mass is 9.52.